The van der Waals surface area contributed by atoms with E-state index in [2.05, 4.69) is 10.3 Å². The van der Waals surface area contributed by atoms with E-state index in [0.717, 1.165) is 30.5 Å². The molecule has 1 heterocycles. The van der Waals surface area contributed by atoms with E-state index >= 15 is 0 Å². The van der Waals surface area contributed by atoms with Gasteiger partial charge in [-0.3, -0.25) is 10.1 Å². The van der Waals surface area contributed by atoms with Crippen molar-refractivity contribution in [3.63, 3.8) is 0 Å². The van der Waals surface area contributed by atoms with E-state index in [4.69, 9.17) is 17.3 Å². The third-order valence-electron chi connectivity index (χ3n) is 3.64. The maximum absolute atomic E-state index is 12.3. The number of amides is 1. The van der Waals surface area contributed by atoms with E-state index in [9.17, 15) is 4.79 Å². The molecule has 0 aliphatic heterocycles. The molecule has 1 aliphatic rings. The van der Waals surface area contributed by atoms with Crippen molar-refractivity contribution in [3.05, 3.63) is 44.9 Å². The highest BCUT2D eigenvalue weighted by molar-refractivity contribution is 7.15. The van der Waals surface area contributed by atoms with Crippen LogP contribution < -0.4 is 11.1 Å². The van der Waals surface area contributed by atoms with Gasteiger partial charge in [0.05, 0.1) is 5.69 Å². The summed E-state index contributed by atoms with van der Waals surface area (Å²) in [4.78, 5) is 18.0. The third-order valence-corrected chi connectivity index (χ3v) is 4.91. The summed E-state index contributed by atoms with van der Waals surface area (Å²) in [5, 5.41) is 4.06. The zero-order chi connectivity index (χ0) is 15.0. The highest BCUT2D eigenvalue weighted by Gasteiger charge is 2.21. The number of carbonyl (C=O) groups is 1. The van der Waals surface area contributed by atoms with Crippen LogP contribution in [0.5, 0.6) is 0 Å². The molecule has 0 saturated carbocycles. The Hall–Kier alpha value is -1.14. The summed E-state index contributed by atoms with van der Waals surface area (Å²) in [7, 11) is 0. The molecule has 0 radical (unpaired) electrons. The molecule has 118 valence electrons. The second-order valence-corrected chi connectivity index (χ2v) is 6.83. The summed E-state index contributed by atoms with van der Waals surface area (Å²) in [6.07, 6.45) is 2.69. The lowest BCUT2D eigenvalue weighted by Gasteiger charge is -2.15. The number of nitrogens with two attached hydrogens (primary N) is 1. The number of halogens is 2. The van der Waals surface area contributed by atoms with Crippen molar-refractivity contribution in [2.75, 3.05) is 5.32 Å². The van der Waals surface area contributed by atoms with Gasteiger partial charge in [-0.25, -0.2) is 4.98 Å². The van der Waals surface area contributed by atoms with Crippen LogP contribution in [0.25, 0.3) is 0 Å². The Kier molecular flexibility index (Phi) is 5.45. The highest BCUT2D eigenvalue weighted by atomic mass is 35.5. The van der Waals surface area contributed by atoms with Crippen molar-refractivity contribution in [2.45, 2.75) is 32.2 Å². The van der Waals surface area contributed by atoms with Gasteiger partial charge in [0.15, 0.2) is 5.13 Å². The number of anilines is 1. The summed E-state index contributed by atoms with van der Waals surface area (Å²) < 4.78 is 0. The molecule has 4 nitrogen and oxygen atoms in total. The Morgan fingerprint density at radius 1 is 1.50 bits per heavy atom. The summed E-state index contributed by atoms with van der Waals surface area (Å²) in [5.74, 6) is -0.176. The quantitative estimate of drug-likeness (QED) is 0.862. The van der Waals surface area contributed by atoms with E-state index < -0.39 is 0 Å². The topological polar surface area (TPSA) is 68.0 Å². The molecular formula is C15H17Cl2N3OS. The van der Waals surface area contributed by atoms with Crippen LogP contribution in [0.1, 0.15) is 32.9 Å². The van der Waals surface area contributed by atoms with Gasteiger partial charge in [-0.2, -0.15) is 0 Å². The number of aromatic nitrogens is 1. The van der Waals surface area contributed by atoms with Crippen LogP contribution in [-0.4, -0.2) is 16.9 Å². The molecule has 22 heavy (non-hydrogen) atoms. The van der Waals surface area contributed by atoms with E-state index in [-0.39, 0.29) is 24.4 Å². The second-order valence-electron chi connectivity index (χ2n) is 5.31. The first kappa shape index (κ1) is 17.2. The zero-order valence-corrected chi connectivity index (χ0v) is 14.4. The summed E-state index contributed by atoms with van der Waals surface area (Å²) in [6.45, 7) is 1.89. The maximum atomic E-state index is 12.3. The fourth-order valence-corrected chi connectivity index (χ4v) is 3.73. The van der Waals surface area contributed by atoms with Crippen molar-refractivity contribution in [3.8, 4) is 0 Å². The van der Waals surface area contributed by atoms with Crippen molar-refractivity contribution >= 4 is 46.4 Å². The number of thiazole rings is 1. The Morgan fingerprint density at radius 3 is 3.05 bits per heavy atom. The van der Waals surface area contributed by atoms with E-state index in [1.807, 2.05) is 13.0 Å². The van der Waals surface area contributed by atoms with Crippen LogP contribution in [-0.2, 0) is 12.8 Å². The molecule has 0 bridgehead atoms. The fraction of sp³-hybridized carbons (Fsp3) is 0.333. The summed E-state index contributed by atoms with van der Waals surface area (Å²) in [6, 6.07) is 5.49. The molecular weight excluding hydrogens is 341 g/mol. The molecule has 3 rings (SSSR count). The van der Waals surface area contributed by atoms with Gasteiger partial charge in [-0.05, 0) is 43.9 Å². The van der Waals surface area contributed by atoms with Gasteiger partial charge in [0.25, 0.3) is 5.91 Å². The Balaban J connectivity index is 0.00000176. The SMILES string of the molecule is Cc1ccc(Cl)cc1C(=O)Nc1nc2c(s1)C[C@@H](N)CC2.Cl. The normalized spacial score (nSPS) is 16.6. The number of rotatable bonds is 2. The Bertz CT molecular complexity index is 702. The minimum Gasteiger partial charge on any atom is -0.327 e. The molecule has 1 atom stereocenters. The average Bonchev–Trinajstić information content (AvgIpc) is 2.82. The molecule has 3 N–H and O–H groups in total. The van der Waals surface area contributed by atoms with Crippen molar-refractivity contribution < 1.29 is 4.79 Å². The number of benzene rings is 1. The molecule has 1 aliphatic carbocycles. The number of hydrogen-bond acceptors (Lipinski definition) is 4. The average molecular weight is 358 g/mol. The van der Waals surface area contributed by atoms with Gasteiger partial charge >= 0.3 is 0 Å². The first-order chi connectivity index (χ1) is 10.0. The molecule has 1 aromatic heterocycles. The van der Waals surface area contributed by atoms with Crippen molar-refractivity contribution in [2.24, 2.45) is 5.73 Å². The maximum Gasteiger partial charge on any atom is 0.257 e. The minimum atomic E-state index is -0.176. The molecule has 2 aromatic rings. The Morgan fingerprint density at radius 2 is 2.27 bits per heavy atom. The van der Waals surface area contributed by atoms with Crippen LogP contribution in [0.15, 0.2) is 18.2 Å². The number of carbonyl (C=O) groups excluding carboxylic acids is 1. The highest BCUT2D eigenvalue weighted by Crippen LogP contribution is 2.29. The van der Waals surface area contributed by atoms with Crippen LogP contribution in [0.4, 0.5) is 5.13 Å². The zero-order valence-electron chi connectivity index (χ0n) is 12.1. The molecule has 7 heteroatoms. The monoisotopic (exact) mass is 357 g/mol. The molecule has 1 aromatic carbocycles. The predicted octanol–water partition coefficient (Wildman–Crippen LogP) is 3.60. The first-order valence-corrected chi connectivity index (χ1v) is 8.04. The number of aryl methyl sites for hydroxylation is 2. The fourth-order valence-electron chi connectivity index (χ4n) is 2.46. The van der Waals surface area contributed by atoms with Gasteiger partial charge in [0, 0.05) is 21.5 Å². The van der Waals surface area contributed by atoms with Gasteiger partial charge in [0.2, 0.25) is 0 Å². The van der Waals surface area contributed by atoms with Crippen LogP contribution in [0, 0.1) is 6.92 Å². The summed E-state index contributed by atoms with van der Waals surface area (Å²) in [5.41, 5.74) is 8.50. The number of nitrogens with one attached hydrogen (secondary N) is 1. The first-order valence-electron chi connectivity index (χ1n) is 6.84. The number of nitrogens with zero attached hydrogens (tertiary/aromatic N) is 1. The van der Waals surface area contributed by atoms with E-state index in [1.54, 1.807) is 12.1 Å². The largest absolute Gasteiger partial charge is 0.327 e. The smallest absolute Gasteiger partial charge is 0.257 e. The van der Waals surface area contributed by atoms with E-state index in [0.29, 0.717) is 15.7 Å². The molecule has 1 amide bonds. The van der Waals surface area contributed by atoms with Crippen LogP contribution >= 0.6 is 35.3 Å². The van der Waals surface area contributed by atoms with E-state index in [1.165, 1.54) is 16.2 Å². The predicted molar refractivity (Wildman–Crippen MR) is 93.5 cm³/mol. The minimum absolute atomic E-state index is 0. The number of fused-ring (bicyclic) bond motifs is 1. The van der Waals surface area contributed by atoms with Gasteiger partial charge in [0.1, 0.15) is 0 Å². The van der Waals surface area contributed by atoms with Crippen molar-refractivity contribution in [1.82, 2.24) is 4.98 Å². The molecule has 0 spiro atoms. The van der Waals surface area contributed by atoms with Crippen molar-refractivity contribution in [1.29, 1.82) is 0 Å². The lowest BCUT2D eigenvalue weighted by Crippen LogP contribution is -2.27. The molecule has 0 unspecified atom stereocenters. The molecule has 0 saturated heterocycles. The Labute approximate surface area is 144 Å². The molecule has 0 fully saturated rings. The lowest BCUT2D eigenvalue weighted by molar-refractivity contribution is 0.102. The lowest BCUT2D eigenvalue weighted by atomic mass is 9.99. The summed E-state index contributed by atoms with van der Waals surface area (Å²) >= 11 is 7.47. The third kappa shape index (κ3) is 3.60. The van der Waals surface area contributed by atoms with Gasteiger partial charge < -0.3 is 5.73 Å². The van der Waals surface area contributed by atoms with Crippen LogP contribution in [0.2, 0.25) is 5.02 Å². The second kappa shape index (κ2) is 6.96. The standard InChI is InChI=1S/C15H16ClN3OS.ClH/c1-8-2-3-9(16)6-11(8)14(20)19-15-18-12-5-4-10(17)7-13(12)21-15;/h2-3,6,10H,4-5,7,17H2,1H3,(H,18,19,20);1H/t10-;/m0./s1. The van der Waals surface area contributed by atoms with Gasteiger partial charge in [-0.15, -0.1) is 23.7 Å². The number of hydrogen-bond donors (Lipinski definition) is 2. The van der Waals surface area contributed by atoms with Gasteiger partial charge in [-0.1, -0.05) is 17.7 Å². The van der Waals surface area contributed by atoms with Crippen LogP contribution in [0.3, 0.4) is 0 Å².